The van der Waals surface area contributed by atoms with Gasteiger partial charge in [-0.3, -0.25) is 14.5 Å². The fraction of sp³-hybridized carbons (Fsp3) is 0.333. The van der Waals surface area contributed by atoms with Crippen LogP contribution in [0.2, 0.25) is 0 Å². The van der Waals surface area contributed by atoms with Gasteiger partial charge in [0.25, 0.3) is 11.8 Å². The van der Waals surface area contributed by atoms with Crippen LogP contribution >= 0.6 is 0 Å². The number of carbonyl (C=O) groups is 2. The Bertz CT molecular complexity index is 1420. The first-order valence-electron chi connectivity index (χ1n) is 13.4. The van der Waals surface area contributed by atoms with Crippen LogP contribution in [-0.2, 0) is 4.79 Å². The quantitative estimate of drug-likeness (QED) is 0.428. The number of likely N-dealkylation sites (tertiary alicyclic amines) is 1. The highest BCUT2D eigenvalue weighted by atomic mass is 19.3. The molecular weight excluding hydrogens is 552 g/mol. The van der Waals surface area contributed by atoms with Crippen molar-refractivity contribution in [3.63, 3.8) is 0 Å². The van der Waals surface area contributed by atoms with Gasteiger partial charge in [0.15, 0.2) is 0 Å². The van der Waals surface area contributed by atoms with Gasteiger partial charge in [0.05, 0.1) is 25.2 Å². The maximum atomic E-state index is 13.7. The van der Waals surface area contributed by atoms with Crippen molar-refractivity contribution in [1.29, 1.82) is 5.26 Å². The summed E-state index contributed by atoms with van der Waals surface area (Å²) in [4.78, 5) is 34.6. The first-order chi connectivity index (χ1) is 20.1. The molecule has 3 aromatic rings. The van der Waals surface area contributed by atoms with E-state index in [9.17, 15) is 27.2 Å². The molecule has 0 spiro atoms. The van der Waals surface area contributed by atoms with Gasteiger partial charge < -0.3 is 15.1 Å². The molecule has 0 aliphatic carbocycles. The number of anilines is 1. The van der Waals surface area contributed by atoms with Gasteiger partial charge in [-0.25, -0.2) is 22.5 Å². The number of amides is 2. The van der Waals surface area contributed by atoms with Gasteiger partial charge in [0.2, 0.25) is 5.91 Å². The normalized spacial score (nSPS) is 18.6. The maximum Gasteiger partial charge on any atom is 0.268 e. The number of nitriles is 1. The summed E-state index contributed by atoms with van der Waals surface area (Å²) in [5, 5.41) is 11.6. The molecule has 0 radical (unpaired) electrons. The summed E-state index contributed by atoms with van der Waals surface area (Å²) in [7, 11) is 0. The Balaban J connectivity index is 1.22. The predicted molar refractivity (Wildman–Crippen MR) is 146 cm³/mol. The highest BCUT2D eigenvalue weighted by Crippen LogP contribution is 2.32. The van der Waals surface area contributed by atoms with Crippen LogP contribution in [0.1, 0.15) is 33.9 Å². The number of halogens is 4. The Morgan fingerprint density at radius 3 is 2.14 bits per heavy atom. The molecule has 5 rings (SSSR count). The molecule has 0 bridgehead atoms. The summed E-state index contributed by atoms with van der Waals surface area (Å²) in [6.07, 6.45) is 0.754. The number of rotatable bonds is 7. The molecule has 42 heavy (non-hydrogen) atoms. The lowest BCUT2D eigenvalue weighted by Crippen LogP contribution is -2.48. The van der Waals surface area contributed by atoms with Gasteiger partial charge in [0, 0.05) is 44.4 Å². The van der Waals surface area contributed by atoms with Crippen LogP contribution in [0, 0.1) is 23.0 Å². The van der Waals surface area contributed by atoms with Crippen LogP contribution in [0.25, 0.3) is 0 Å². The molecule has 1 atom stereocenters. The highest BCUT2D eigenvalue weighted by molar-refractivity contribution is 5.97. The van der Waals surface area contributed by atoms with Crippen molar-refractivity contribution in [2.75, 3.05) is 44.2 Å². The van der Waals surface area contributed by atoms with Crippen LogP contribution < -0.4 is 10.2 Å². The minimum atomic E-state index is -3.14. The maximum absolute atomic E-state index is 13.7. The van der Waals surface area contributed by atoms with Crippen molar-refractivity contribution in [3.8, 4) is 6.07 Å². The van der Waals surface area contributed by atoms with Crippen LogP contribution in [-0.4, -0.2) is 77.8 Å². The van der Waals surface area contributed by atoms with Gasteiger partial charge in [0.1, 0.15) is 23.5 Å². The van der Waals surface area contributed by atoms with E-state index in [0.29, 0.717) is 32.0 Å². The number of alkyl halides is 2. The number of benzene rings is 2. The molecule has 1 unspecified atom stereocenters. The zero-order chi connectivity index (χ0) is 29.9. The smallest absolute Gasteiger partial charge is 0.268 e. The number of pyridine rings is 1. The van der Waals surface area contributed by atoms with Crippen molar-refractivity contribution < 1.29 is 27.2 Å². The van der Waals surface area contributed by atoms with Crippen molar-refractivity contribution in [1.82, 2.24) is 20.1 Å². The van der Waals surface area contributed by atoms with E-state index in [-0.39, 0.29) is 23.2 Å². The molecule has 1 aromatic heterocycles. The lowest BCUT2D eigenvalue weighted by Gasteiger charge is -2.40. The average molecular weight is 581 g/mol. The largest absolute Gasteiger partial charge is 0.354 e. The van der Waals surface area contributed by atoms with E-state index in [4.69, 9.17) is 5.26 Å². The second kappa shape index (κ2) is 12.2. The fourth-order valence-corrected chi connectivity index (χ4v) is 5.40. The van der Waals surface area contributed by atoms with Gasteiger partial charge in [-0.15, -0.1) is 0 Å². The zero-order valence-electron chi connectivity index (χ0n) is 22.5. The Morgan fingerprint density at radius 2 is 1.57 bits per heavy atom. The van der Waals surface area contributed by atoms with Crippen LogP contribution in [0.15, 0.2) is 66.9 Å². The summed E-state index contributed by atoms with van der Waals surface area (Å²) in [6, 6.07) is 15.8. The predicted octanol–water partition coefficient (Wildman–Crippen LogP) is 3.76. The zero-order valence-corrected chi connectivity index (χ0v) is 22.5. The number of hydrogen-bond donors (Lipinski definition) is 1. The molecule has 0 saturated carbocycles. The molecule has 8 nitrogen and oxygen atoms in total. The summed E-state index contributed by atoms with van der Waals surface area (Å²) in [5.74, 6) is -4.60. The molecule has 2 saturated heterocycles. The number of aromatic nitrogens is 1. The number of nitrogens with one attached hydrogen (secondary N) is 1. The minimum absolute atomic E-state index is 0.216. The molecule has 2 aliphatic rings. The molecule has 218 valence electrons. The second-order valence-electron chi connectivity index (χ2n) is 10.3. The minimum Gasteiger partial charge on any atom is -0.354 e. The molecule has 2 aromatic carbocycles. The van der Waals surface area contributed by atoms with E-state index in [1.807, 2.05) is 4.90 Å². The number of hydrogen-bond acceptors (Lipinski definition) is 6. The monoisotopic (exact) mass is 580 g/mol. The molecule has 1 N–H and O–H groups in total. The third-order valence-electron chi connectivity index (χ3n) is 7.52. The Morgan fingerprint density at radius 1 is 0.976 bits per heavy atom. The molecule has 2 aliphatic heterocycles. The highest BCUT2D eigenvalue weighted by Gasteiger charge is 2.47. The third-order valence-corrected chi connectivity index (χ3v) is 7.52. The van der Waals surface area contributed by atoms with Crippen molar-refractivity contribution in [3.05, 3.63) is 95.2 Å². The Hall–Kier alpha value is -4.50. The van der Waals surface area contributed by atoms with E-state index in [1.54, 1.807) is 36.4 Å². The summed E-state index contributed by atoms with van der Waals surface area (Å²) in [6.45, 7) is 0.966. The van der Waals surface area contributed by atoms with E-state index >= 15 is 0 Å². The Labute approximate surface area is 240 Å². The van der Waals surface area contributed by atoms with Gasteiger partial charge in [-0.05, 0) is 47.5 Å². The lowest BCUT2D eigenvalue weighted by atomic mass is 9.96. The third kappa shape index (κ3) is 6.52. The van der Waals surface area contributed by atoms with Crippen LogP contribution in [0.3, 0.4) is 0 Å². The molecule has 3 heterocycles. The van der Waals surface area contributed by atoms with Crippen LogP contribution in [0.4, 0.5) is 23.4 Å². The first kappa shape index (κ1) is 29.0. The second-order valence-corrected chi connectivity index (χ2v) is 10.3. The summed E-state index contributed by atoms with van der Waals surface area (Å²) >= 11 is 0. The van der Waals surface area contributed by atoms with Crippen molar-refractivity contribution >= 4 is 17.6 Å². The molecule has 2 fully saturated rings. The lowest BCUT2D eigenvalue weighted by molar-refractivity contribution is -0.131. The van der Waals surface area contributed by atoms with Crippen molar-refractivity contribution in [2.24, 2.45) is 0 Å². The van der Waals surface area contributed by atoms with Crippen LogP contribution in [0.5, 0.6) is 0 Å². The molecular formula is C30H28F4N6O2. The van der Waals surface area contributed by atoms with Gasteiger partial charge >= 0.3 is 0 Å². The van der Waals surface area contributed by atoms with Crippen molar-refractivity contribution in [2.45, 2.75) is 24.4 Å². The summed E-state index contributed by atoms with van der Waals surface area (Å²) < 4.78 is 54.6. The van der Waals surface area contributed by atoms with E-state index in [2.05, 4.69) is 15.2 Å². The van der Waals surface area contributed by atoms with E-state index in [0.717, 1.165) is 16.0 Å². The van der Waals surface area contributed by atoms with Gasteiger partial charge in [-0.2, -0.15) is 5.26 Å². The van der Waals surface area contributed by atoms with E-state index < -0.39 is 43.3 Å². The number of carbonyl (C=O) groups excluding carboxylic acids is 2. The molecule has 2 amide bonds. The average Bonchev–Trinajstić information content (AvgIpc) is 3.32. The fourth-order valence-electron chi connectivity index (χ4n) is 5.40. The molecule has 12 heteroatoms. The number of nitrogens with zero attached hydrogens (tertiary/aromatic N) is 5. The standard InChI is InChI=1S/C30H28F4N6O2/c31-23-5-1-20(2-6-23)28(21-3-7-24(32)8-4-21)39-13-11-38(12-14-39)26-15-22(9-10-36-26)29(42)37-18-27(41)40-19-30(33,34)16-25(40)17-35/h1-10,15,25,28H,11-14,16,18-19H2,(H,37,42). The summed E-state index contributed by atoms with van der Waals surface area (Å²) in [5.41, 5.74) is 2.00. The Kier molecular flexibility index (Phi) is 8.40. The topological polar surface area (TPSA) is 92.6 Å². The van der Waals surface area contributed by atoms with E-state index in [1.165, 1.54) is 36.5 Å². The number of piperazine rings is 1. The first-order valence-corrected chi connectivity index (χ1v) is 13.4. The van der Waals surface area contributed by atoms with Gasteiger partial charge in [-0.1, -0.05) is 24.3 Å². The SMILES string of the molecule is N#CC1CC(F)(F)CN1C(=O)CNC(=O)c1ccnc(N2CCN(C(c3ccc(F)cc3)c3ccc(F)cc3)CC2)c1.